The van der Waals surface area contributed by atoms with Crippen LogP contribution in [0.25, 0.3) is 0 Å². The van der Waals surface area contributed by atoms with E-state index in [1.807, 2.05) is 0 Å². The van der Waals surface area contributed by atoms with Crippen LogP contribution in [-0.4, -0.2) is 4.98 Å². The Hall–Kier alpha value is -0.860. The van der Waals surface area contributed by atoms with E-state index < -0.39 is 13.3 Å². The maximum atomic E-state index is 11.7. The molecule has 1 nitrogen and oxygen atoms in total. The van der Waals surface area contributed by atoms with Crippen molar-refractivity contribution in [3.05, 3.63) is 23.5 Å². The first kappa shape index (κ1) is 6.26. The standard InChI is InChI=1S/C6H7F2N/c7-3-5-1-2-6(4-8)9-5/h1-2,9H,3-4H2. The number of aromatic amines is 1. The van der Waals surface area contributed by atoms with Crippen LogP contribution in [0, 0.1) is 0 Å². The van der Waals surface area contributed by atoms with Gasteiger partial charge in [0.05, 0.1) is 0 Å². The Labute approximate surface area is 51.7 Å². The summed E-state index contributed by atoms with van der Waals surface area (Å²) in [5.74, 6) is 0. The second-order valence-corrected chi connectivity index (χ2v) is 1.78. The summed E-state index contributed by atoms with van der Waals surface area (Å²) in [7, 11) is 0. The average molecular weight is 131 g/mol. The quantitative estimate of drug-likeness (QED) is 0.631. The molecule has 1 aromatic heterocycles. The largest absolute Gasteiger partial charge is 0.358 e. The number of alkyl halides is 2. The molecule has 0 unspecified atom stereocenters. The van der Waals surface area contributed by atoms with Crippen molar-refractivity contribution >= 4 is 0 Å². The van der Waals surface area contributed by atoms with Gasteiger partial charge in [-0.3, -0.25) is 0 Å². The first-order valence-corrected chi connectivity index (χ1v) is 2.65. The van der Waals surface area contributed by atoms with Gasteiger partial charge < -0.3 is 4.98 Å². The predicted molar refractivity (Wildman–Crippen MR) is 30.4 cm³/mol. The van der Waals surface area contributed by atoms with Gasteiger partial charge in [0.15, 0.2) is 0 Å². The molecule has 0 aromatic carbocycles. The second-order valence-electron chi connectivity index (χ2n) is 1.78. The minimum absolute atomic E-state index is 0.433. The Balaban J connectivity index is 2.74. The Bertz CT molecular complexity index is 164. The second kappa shape index (κ2) is 2.62. The molecule has 1 rings (SSSR count). The van der Waals surface area contributed by atoms with Crippen molar-refractivity contribution < 1.29 is 8.78 Å². The lowest BCUT2D eigenvalue weighted by Crippen LogP contribution is -1.79. The first-order chi connectivity index (χ1) is 4.36. The summed E-state index contributed by atoms with van der Waals surface area (Å²) in [6, 6.07) is 3.07. The number of aromatic nitrogens is 1. The van der Waals surface area contributed by atoms with Crippen molar-refractivity contribution in [2.45, 2.75) is 13.3 Å². The van der Waals surface area contributed by atoms with E-state index in [-0.39, 0.29) is 0 Å². The smallest absolute Gasteiger partial charge is 0.129 e. The van der Waals surface area contributed by atoms with Crippen LogP contribution < -0.4 is 0 Å². The van der Waals surface area contributed by atoms with Crippen molar-refractivity contribution in [1.82, 2.24) is 4.98 Å². The van der Waals surface area contributed by atoms with E-state index in [1.54, 1.807) is 0 Å². The molecule has 0 saturated heterocycles. The Kier molecular flexibility index (Phi) is 1.82. The van der Waals surface area contributed by atoms with E-state index in [4.69, 9.17) is 0 Å². The summed E-state index contributed by atoms with van der Waals surface area (Å²) in [6.07, 6.45) is 0. The fourth-order valence-electron chi connectivity index (χ4n) is 0.647. The van der Waals surface area contributed by atoms with Crippen LogP contribution in [0.15, 0.2) is 12.1 Å². The summed E-state index contributed by atoms with van der Waals surface area (Å²) >= 11 is 0. The molecule has 50 valence electrons. The number of H-pyrrole nitrogens is 1. The van der Waals surface area contributed by atoms with Crippen LogP contribution in [0.1, 0.15) is 11.4 Å². The lowest BCUT2D eigenvalue weighted by atomic mass is 10.4. The van der Waals surface area contributed by atoms with E-state index in [2.05, 4.69) is 4.98 Å². The molecule has 0 aliphatic rings. The van der Waals surface area contributed by atoms with E-state index in [0.29, 0.717) is 11.4 Å². The van der Waals surface area contributed by atoms with E-state index in [9.17, 15) is 8.78 Å². The van der Waals surface area contributed by atoms with Crippen LogP contribution in [0.4, 0.5) is 8.78 Å². The summed E-state index contributed by atoms with van der Waals surface area (Å²) in [6.45, 7) is -1.11. The molecule has 0 atom stereocenters. The highest BCUT2D eigenvalue weighted by molar-refractivity contribution is 5.11. The van der Waals surface area contributed by atoms with Crippen LogP contribution in [-0.2, 0) is 13.3 Å². The fraction of sp³-hybridized carbons (Fsp3) is 0.333. The lowest BCUT2D eigenvalue weighted by molar-refractivity contribution is 0.463. The molecule has 1 N–H and O–H groups in total. The zero-order chi connectivity index (χ0) is 6.69. The van der Waals surface area contributed by atoms with Crippen molar-refractivity contribution in [2.24, 2.45) is 0 Å². The minimum Gasteiger partial charge on any atom is -0.358 e. The normalized spacial score (nSPS) is 10.0. The Morgan fingerprint density at radius 2 is 1.56 bits per heavy atom. The van der Waals surface area contributed by atoms with E-state index in [1.165, 1.54) is 12.1 Å². The van der Waals surface area contributed by atoms with Gasteiger partial charge in [-0.15, -0.1) is 0 Å². The zero-order valence-corrected chi connectivity index (χ0v) is 4.82. The average Bonchev–Trinajstić information content (AvgIpc) is 2.34. The van der Waals surface area contributed by atoms with Crippen LogP contribution in [0.5, 0.6) is 0 Å². The molecule has 0 saturated carbocycles. The molecule has 0 bridgehead atoms. The molecular formula is C6H7F2N. The van der Waals surface area contributed by atoms with Gasteiger partial charge in [0, 0.05) is 11.4 Å². The zero-order valence-electron chi connectivity index (χ0n) is 4.82. The molecule has 9 heavy (non-hydrogen) atoms. The topological polar surface area (TPSA) is 15.8 Å². The third-order valence-electron chi connectivity index (χ3n) is 1.09. The van der Waals surface area contributed by atoms with Gasteiger partial charge >= 0.3 is 0 Å². The van der Waals surface area contributed by atoms with Crippen molar-refractivity contribution in [2.75, 3.05) is 0 Å². The number of halogens is 2. The maximum Gasteiger partial charge on any atom is 0.129 e. The number of hydrogen-bond donors (Lipinski definition) is 1. The molecule has 1 aromatic rings. The molecular weight excluding hydrogens is 124 g/mol. The van der Waals surface area contributed by atoms with Crippen molar-refractivity contribution in [1.29, 1.82) is 0 Å². The molecule has 0 aliphatic carbocycles. The fourth-order valence-corrected chi connectivity index (χ4v) is 0.647. The predicted octanol–water partition coefficient (Wildman–Crippen LogP) is 1.95. The molecule has 1 heterocycles. The van der Waals surface area contributed by atoms with E-state index in [0.717, 1.165) is 0 Å². The van der Waals surface area contributed by atoms with Gasteiger partial charge in [-0.25, -0.2) is 8.78 Å². The minimum atomic E-state index is -0.556. The molecule has 0 radical (unpaired) electrons. The lowest BCUT2D eigenvalue weighted by Gasteiger charge is -1.84. The molecule has 0 amide bonds. The van der Waals surface area contributed by atoms with E-state index >= 15 is 0 Å². The molecule has 3 heteroatoms. The number of nitrogens with one attached hydrogen (secondary N) is 1. The molecule has 0 spiro atoms. The number of hydrogen-bond acceptors (Lipinski definition) is 0. The monoisotopic (exact) mass is 131 g/mol. The number of rotatable bonds is 2. The van der Waals surface area contributed by atoms with Gasteiger partial charge in [0.25, 0.3) is 0 Å². The van der Waals surface area contributed by atoms with Gasteiger partial charge in [-0.05, 0) is 12.1 Å². The SMILES string of the molecule is FCc1ccc(CF)[nH]1. The highest BCUT2D eigenvalue weighted by atomic mass is 19.1. The Morgan fingerprint density at radius 3 is 1.78 bits per heavy atom. The third kappa shape index (κ3) is 1.28. The van der Waals surface area contributed by atoms with Gasteiger partial charge in [0.1, 0.15) is 13.3 Å². The molecule has 0 aliphatic heterocycles. The van der Waals surface area contributed by atoms with Gasteiger partial charge in [0.2, 0.25) is 0 Å². The first-order valence-electron chi connectivity index (χ1n) is 2.65. The maximum absolute atomic E-state index is 11.7. The Morgan fingerprint density at radius 1 is 1.11 bits per heavy atom. The highest BCUT2D eigenvalue weighted by Crippen LogP contribution is 2.03. The molecule has 0 fully saturated rings. The van der Waals surface area contributed by atoms with Crippen molar-refractivity contribution in [3.8, 4) is 0 Å². The van der Waals surface area contributed by atoms with Crippen LogP contribution >= 0.6 is 0 Å². The summed E-state index contributed by atoms with van der Waals surface area (Å²) in [5, 5.41) is 0. The van der Waals surface area contributed by atoms with Crippen LogP contribution in [0.3, 0.4) is 0 Å². The third-order valence-corrected chi connectivity index (χ3v) is 1.09. The summed E-state index contributed by atoms with van der Waals surface area (Å²) < 4.78 is 23.4. The van der Waals surface area contributed by atoms with Crippen LogP contribution in [0.2, 0.25) is 0 Å². The summed E-state index contributed by atoms with van der Waals surface area (Å²) in [5.41, 5.74) is 0.866. The summed E-state index contributed by atoms with van der Waals surface area (Å²) in [4.78, 5) is 2.56. The highest BCUT2D eigenvalue weighted by Gasteiger charge is 1.94. The van der Waals surface area contributed by atoms with Gasteiger partial charge in [-0.1, -0.05) is 0 Å². The van der Waals surface area contributed by atoms with Gasteiger partial charge in [-0.2, -0.15) is 0 Å². The van der Waals surface area contributed by atoms with Crippen molar-refractivity contribution in [3.63, 3.8) is 0 Å².